The highest BCUT2D eigenvalue weighted by Gasteiger charge is 2.30. The van der Waals surface area contributed by atoms with Gasteiger partial charge in [-0.05, 0) is 36.0 Å². The summed E-state index contributed by atoms with van der Waals surface area (Å²) in [4.78, 5) is 6.77. The van der Waals surface area contributed by atoms with Crippen LogP contribution in [0, 0.1) is 5.41 Å². The maximum Gasteiger partial charge on any atom is 0.193 e. The fourth-order valence-corrected chi connectivity index (χ4v) is 3.32. The highest BCUT2D eigenvalue weighted by molar-refractivity contribution is 14.0. The fourth-order valence-electron chi connectivity index (χ4n) is 3.32. The Hall–Kier alpha value is -1.44. The minimum Gasteiger partial charge on any atom is -0.493 e. The number of nitrogens with one attached hydrogen (secondary N) is 1. The molecule has 0 spiro atoms. The van der Waals surface area contributed by atoms with Crippen molar-refractivity contribution in [1.29, 1.82) is 0 Å². The van der Waals surface area contributed by atoms with E-state index in [4.69, 9.17) is 9.47 Å². The summed E-state index contributed by atoms with van der Waals surface area (Å²) in [6, 6.07) is 4.15. The number of aliphatic imine (C=N–C) groups is 1. The van der Waals surface area contributed by atoms with E-state index in [0.717, 1.165) is 48.1 Å². The molecule has 1 aromatic rings. The zero-order valence-corrected chi connectivity index (χ0v) is 18.9. The topological polar surface area (TPSA) is 46.1 Å². The van der Waals surface area contributed by atoms with Gasteiger partial charge < -0.3 is 19.7 Å². The van der Waals surface area contributed by atoms with Crippen molar-refractivity contribution in [2.45, 2.75) is 33.2 Å². The Morgan fingerprint density at radius 2 is 2.08 bits per heavy atom. The van der Waals surface area contributed by atoms with Crippen molar-refractivity contribution in [2.24, 2.45) is 10.4 Å². The summed E-state index contributed by atoms with van der Waals surface area (Å²) < 4.78 is 11.0. The second-order valence-corrected chi connectivity index (χ2v) is 7.22. The van der Waals surface area contributed by atoms with E-state index in [9.17, 15) is 0 Å². The molecule has 1 N–H and O–H groups in total. The molecule has 1 aliphatic heterocycles. The van der Waals surface area contributed by atoms with Crippen LogP contribution in [0.15, 0.2) is 29.8 Å². The molecule has 5 nitrogen and oxygen atoms in total. The van der Waals surface area contributed by atoms with Crippen LogP contribution in [0.5, 0.6) is 11.5 Å². The van der Waals surface area contributed by atoms with Crippen molar-refractivity contribution in [1.82, 2.24) is 10.2 Å². The zero-order valence-electron chi connectivity index (χ0n) is 16.6. The quantitative estimate of drug-likeness (QED) is 0.295. The van der Waals surface area contributed by atoms with Crippen LogP contribution < -0.4 is 14.8 Å². The molecule has 0 bridgehead atoms. The molecule has 0 amide bonds. The van der Waals surface area contributed by atoms with Crippen LogP contribution in [0.2, 0.25) is 0 Å². The summed E-state index contributed by atoms with van der Waals surface area (Å²) in [6.45, 7) is 11.2. The number of benzene rings is 1. The maximum absolute atomic E-state index is 5.50. The first kappa shape index (κ1) is 22.6. The van der Waals surface area contributed by atoms with Gasteiger partial charge in [0.1, 0.15) is 0 Å². The second-order valence-electron chi connectivity index (χ2n) is 7.22. The maximum atomic E-state index is 5.50. The third kappa shape index (κ3) is 5.53. The normalized spacial score (nSPS) is 16.0. The lowest BCUT2D eigenvalue weighted by atomic mass is 9.93. The zero-order chi connectivity index (χ0) is 18.4. The summed E-state index contributed by atoms with van der Waals surface area (Å²) >= 11 is 0. The van der Waals surface area contributed by atoms with Gasteiger partial charge in [0.05, 0.1) is 14.2 Å². The first-order valence-electron chi connectivity index (χ1n) is 8.74. The molecule has 0 radical (unpaired) electrons. The van der Waals surface area contributed by atoms with E-state index in [0.29, 0.717) is 12.0 Å². The van der Waals surface area contributed by atoms with Gasteiger partial charge in [0.25, 0.3) is 0 Å². The number of rotatable bonds is 6. The SMILES string of the molecule is C=CCc1cc(CNC(=NC)N2CCC(C)(C)C2)cc(OC)c1OC.I. The van der Waals surface area contributed by atoms with Crippen LogP contribution in [0.4, 0.5) is 0 Å². The third-order valence-corrected chi connectivity index (χ3v) is 4.62. The molecule has 0 aliphatic carbocycles. The molecule has 0 atom stereocenters. The number of hydrogen-bond donors (Lipinski definition) is 1. The number of hydrogen-bond acceptors (Lipinski definition) is 3. The van der Waals surface area contributed by atoms with Gasteiger partial charge in [0.2, 0.25) is 0 Å². The van der Waals surface area contributed by atoms with E-state index < -0.39 is 0 Å². The monoisotopic (exact) mass is 473 g/mol. The van der Waals surface area contributed by atoms with Gasteiger partial charge in [0, 0.05) is 32.2 Å². The van der Waals surface area contributed by atoms with E-state index in [2.05, 4.69) is 41.7 Å². The lowest BCUT2D eigenvalue weighted by Crippen LogP contribution is -2.40. The van der Waals surface area contributed by atoms with Crippen molar-refractivity contribution in [3.63, 3.8) is 0 Å². The van der Waals surface area contributed by atoms with Crippen LogP contribution >= 0.6 is 24.0 Å². The van der Waals surface area contributed by atoms with Gasteiger partial charge in [-0.2, -0.15) is 0 Å². The van der Waals surface area contributed by atoms with Crippen LogP contribution in [0.1, 0.15) is 31.4 Å². The van der Waals surface area contributed by atoms with E-state index in [1.54, 1.807) is 14.2 Å². The molecule has 2 rings (SSSR count). The lowest BCUT2D eigenvalue weighted by molar-refractivity contribution is 0.351. The predicted molar refractivity (Wildman–Crippen MR) is 119 cm³/mol. The highest BCUT2D eigenvalue weighted by Crippen LogP contribution is 2.33. The third-order valence-electron chi connectivity index (χ3n) is 4.62. The summed E-state index contributed by atoms with van der Waals surface area (Å²) in [5, 5.41) is 3.48. The summed E-state index contributed by atoms with van der Waals surface area (Å²) in [5.41, 5.74) is 2.55. The predicted octanol–water partition coefficient (Wildman–Crippen LogP) is 3.86. The van der Waals surface area contributed by atoms with Gasteiger partial charge >= 0.3 is 0 Å². The smallest absolute Gasteiger partial charge is 0.193 e. The molecular weight excluding hydrogens is 441 g/mol. The molecule has 26 heavy (non-hydrogen) atoms. The first-order valence-corrected chi connectivity index (χ1v) is 8.74. The molecule has 0 aromatic heterocycles. The molecule has 6 heteroatoms. The number of ether oxygens (including phenoxy) is 2. The Morgan fingerprint density at radius 1 is 1.35 bits per heavy atom. The number of likely N-dealkylation sites (tertiary alicyclic amines) is 1. The average Bonchev–Trinajstić information content (AvgIpc) is 2.95. The van der Waals surface area contributed by atoms with Crippen LogP contribution in [0.25, 0.3) is 0 Å². The van der Waals surface area contributed by atoms with E-state index in [1.165, 1.54) is 6.42 Å². The molecule has 1 aliphatic rings. The number of halogens is 1. The average molecular weight is 473 g/mol. The van der Waals surface area contributed by atoms with Crippen molar-refractivity contribution in [3.05, 3.63) is 35.9 Å². The highest BCUT2D eigenvalue weighted by atomic mass is 127. The Labute approximate surface area is 174 Å². The van der Waals surface area contributed by atoms with Crippen molar-refractivity contribution < 1.29 is 9.47 Å². The number of nitrogens with zero attached hydrogens (tertiary/aromatic N) is 2. The van der Waals surface area contributed by atoms with Crippen LogP contribution in [-0.2, 0) is 13.0 Å². The number of methoxy groups -OCH3 is 2. The molecule has 1 aromatic carbocycles. The largest absolute Gasteiger partial charge is 0.493 e. The number of allylic oxidation sites excluding steroid dienone is 1. The Bertz CT molecular complexity index is 644. The lowest BCUT2D eigenvalue weighted by Gasteiger charge is -2.24. The Kier molecular flexibility index (Phi) is 8.73. The molecular formula is C20H32IN3O2. The Morgan fingerprint density at radius 3 is 2.58 bits per heavy atom. The minimum atomic E-state index is 0. The standard InChI is InChI=1S/C20H31N3O2.HI/c1-7-8-16-11-15(12-17(24-5)18(16)25-6)13-22-19(21-4)23-10-9-20(2,3)14-23;/h7,11-12H,1,8-10,13-14H2,2-6H3,(H,21,22);1H. The van der Waals surface area contributed by atoms with Gasteiger partial charge in [-0.3, -0.25) is 4.99 Å². The Balaban J connectivity index is 0.00000338. The second kappa shape index (κ2) is 10.0. The molecule has 1 heterocycles. The molecule has 0 saturated carbocycles. The van der Waals surface area contributed by atoms with Gasteiger partial charge in [0.15, 0.2) is 17.5 Å². The van der Waals surface area contributed by atoms with Crippen LogP contribution in [-0.4, -0.2) is 45.2 Å². The fraction of sp³-hybridized carbons (Fsp3) is 0.550. The van der Waals surface area contributed by atoms with E-state index in [-0.39, 0.29) is 24.0 Å². The summed E-state index contributed by atoms with van der Waals surface area (Å²) in [5.74, 6) is 2.47. The van der Waals surface area contributed by atoms with Crippen molar-refractivity contribution in [2.75, 3.05) is 34.4 Å². The van der Waals surface area contributed by atoms with Gasteiger partial charge in [-0.25, -0.2) is 0 Å². The molecule has 1 fully saturated rings. The molecule has 0 unspecified atom stereocenters. The number of guanidine groups is 1. The van der Waals surface area contributed by atoms with Gasteiger partial charge in [-0.1, -0.05) is 19.9 Å². The van der Waals surface area contributed by atoms with Crippen molar-refractivity contribution >= 4 is 29.9 Å². The first-order chi connectivity index (χ1) is 11.9. The summed E-state index contributed by atoms with van der Waals surface area (Å²) in [7, 11) is 5.17. The van der Waals surface area contributed by atoms with Gasteiger partial charge in [-0.15, -0.1) is 30.6 Å². The molecule has 1 saturated heterocycles. The molecule has 146 valence electrons. The van der Waals surface area contributed by atoms with E-state index >= 15 is 0 Å². The van der Waals surface area contributed by atoms with Crippen molar-refractivity contribution in [3.8, 4) is 11.5 Å². The summed E-state index contributed by atoms with van der Waals surface area (Å²) in [6.07, 6.45) is 3.80. The van der Waals surface area contributed by atoms with Crippen LogP contribution in [0.3, 0.4) is 0 Å². The van der Waals surface area contributed by atoms with E-state index in [1.807, 2.05) is 19.2 Å². The minimum absolute atomic E-state index is 0.